The van der Waals surface area contributed by atoms with Gasteiger partial charge < -0.3 is 9.47 Å². The van der Waals surface area contributed by atoms with Gasteiger partial charge >= 0.3 is 11.9 Å². The molecule has 0 heterocycles. The number of hydrogen-bond donors (Lipinski definition) is 0. The second kappa shape index (κ2) is 11.1. The third-order valence-electron chi connectivity index (χ3n) is 2.67. The molecule has 1 atom stereocenters. The van der Waals surface area contributed by atoms with Gasteiger partial charge in [-0.3, -0.25) is 9.59 Å². The summed E-state index contributed by atoms with van der Waals surface area (Å²) in [6, 6.07) is 0. The lowest BCUT2D eigenvalue weighted by Gasteiger charge is -2.16. The van der Waals surface area contributed by atoms with Crippen LogP contribution in [0.15, 0.2) is 0 Å². The molecule has 0 rings (SSSR count). The molecule has 0 saturated heterocycles. The van der Waals surface area contributed by atoms with E-state index in [1.165, 1.54) is 6.92 Å². The van der Waals surface area contributed by atoms with Gasteiger partial charge in [-0.2, -0.15) is 0 Å². The summed E-state index contributed by atoms with van der Waals surface area (Å²) < 4.78 is 10.1. The Balaban J connectivity index is 3.74. The van der Waals surface area contributed by atoms with E-state index < -0.39 is 0 Å². The molecular formula is C14H26O4. The van der Waals surface area contributed by atoms with Crippen LogP contribution in [0.4, 0.5) is 0 Å². The molecule has 0 bridgehead atoms. The van der Waals surface area contributed by atoms with Crippen LogP contribution in [-0.2, 0) is 19.1 Å². The first kappa shape index (κ1) is 16.9. The number of ether oxygens (including phenoxy) is 2. The maximum atomic E-state index is 11.1. The lowest BCUT2D eigenvalue weighted by molar-refractivity contribution is -0.147. The van der Waals surface area contributed by atoms with Crippen LogP contribution in [0.3, 0.4) is 0 Å². The molecular weight excluding hydrogens is 232 g/mol. The van der Waals surface area contributed by atoms with Crippen molar-refractivity contribution in [1.29, 1.82) is 0 Å². The molecule has 18 heavy (non-hydrogen) atoms. The number of hydrogen-bond acceptors (Lipinski definition) is 4. The van der Waals surface area contributed by atoms with Crippen molar-refractivity contribution < 1.29 is 19.1 Å². The van der Waals surface area contributed by atoms with Gasteiger partial charge in [0.15, 0.2) is 0 Å². The second-order valence-electron chi connectivity index (χ2n) is 4.42. The zero-order valence-corrected chi connectivity index (χ0v) is 11.9. The van der Waals surface area contributed by atoms with Gasteiger partial charge in [-0.1, -0.05) is 19.8 Å². The topological polar surface area (TPSA) is 52.6 Å². The first-order chi connectivity index (χ1) is 8.60. The molecule has 0 aromatic rings. The number of esters is 2. The Hall–Kier alpha value is -1.06. The SMILES string of the molecule is CCCCC(CCCCC(=O)OCC)OC(C)=O. The molecule has 4 heteroatoms. The van der Waals surface area contributed by atoms with E-state index in [4.69, 9.17) is 9.47 Å². The predicted octanol–water partition coefficient (Wildman–Crippen LogP) is 3.23. The molecule has 1 unspecified atom stereocenters. The molecule has 0 aliphatic carbocycles. The summed E-state index contributed by atoms with van der Waals surface area (Å²) in [4.78, 5) is 22.1. The highest BCUT2D eigenvalue weighted by Gasteiger charge is 2.11. The summed E-state index contributed by atoms with van der Waals surface area (Å²) in [6.07, 6.45) is 6.05. The van der Waals surface area contributed by atoms with Gasteiger partial charge in [0.05, 0.1) is 6.61 Å². The minimum absolute atomic E-state index is 0.00430. The summed E-state index contributed by atoms with van der Waals surface area (Å²) in [5.41, 5.74) is 0. The molecule has 0 spiro atoms. The van der Waals surface area contributed by atoms with E-state index >= 15 is 0 Å². The molecule has 0 aliphatic heterocycles. The molecule has 0 N–H and O–H groups in total. The molecule has 0 aliphatic rings. The third-order valence-corrected chi connectivity index (χ3v) is 2.67. The first-order valence-electron chi connectivity index (χ1n) is 6.93. The molecule has 0 aromatic carbocycles. The Morgan fingerprint density at radius 3 is 2.28 bits per heavy atom. The van der Waals surface area contributed by atoms with Crippen LogP contribution in [0.1, 0.15) is 65.7 Å². The van der Waals surface area contributed by atoms with E-state index in [0.29, 0.717) is 13.0 Å². The minimum Gasteiger partial charge on any atom is -0.466 e. The maximum Gasteiger partial charge on any atom is 0.305 e. The Morgan fingerprint density at radius 1 is 1.06 bits per heavy atom. The zero-order valence-electron chi connectivity index (χ0n) is 11.9. The fraction of sp³-hybridized carbons (Fsp3) is 0.857. The number of carbonyl (C=O) groups is 2. The highest BCUT2D eigenvalue weighted by Crippen LogP contribution is 2.14. The summed E-state index contributed by atoms with van der Waals surface area (Å²) in [7, 11) is 0. The summed E-state index contributed by atoms with van der Waals surface area (Å²) in [5.74, 6) is -0.364. The molecule has 0 radical (unpaired) electrons. The number of unbranched alkanes of at least 4 members (excludes halogenated alkanes) is 2. The van der Waals surface area contributed by atoms with Crippen molar-refractivity contribution in [3.05, 3.63) is 0 Å². The Bertz CT molecular complexity index is 238. The standard InChI is InChI=1S/C14H26O4/c1-4-6-9-13(18-12(3)15)10-7-8-11-14(16)17-5-2/h13H,4-11H2,1-3H3. The van der Waals surface area contributed by atoms with Crippen LogP contribution >= 0.6 is 0 Å². The highest BCUT2D eigenvalue weighted by molar-refractivity contribution is 5.69. The van der Waals surface area contributed by atoms with Gasteiger partial charge in [-0.25, -0.2) is 0 Å². The van der Waals surface area contributed by atoms with Crippen molar-refractivity contribution in [2.24, 2.45) is 0 Å². The van der Waals surface area contributed by atoms with E-state index in [9.17, 15) is 9.59 Å². The van der Waals surface area contributed by atoms with Crippen LogP contribution in [0, 0.1) is 0 Å². The van der Waals surface area contributed by atoms with Gasteiger partial charge in [0.2, 0.25) is 0 Å². The van der Waals surface area contributed by atoms with E-state index in [1.807, 2.05) is 0 Å². The highest BCUT2D eigenvalue weighted by atomic mass is 16.5. The van der Waals surface area contributed by atoms with Crippen LogP contribution in [0.2, 0.25) is 0 Å². The van der Waals surface area contributed by atoms with Crippen molar-refractivity contribution in [3.63, 3.8) is 0 Å². The predicted molar refractivity (Wildman–Crippen MR) is 70.2 cm³/mol. The zero-order chi connectivity index (χ0) is 13.8. The van der Waals surface area contributed by atoms with E-state index in [2.05, 4.69) is 6.92 Å². The summed E-state index contributed by atoms with van der Waals surface area (Å²) in [5, 5.41) is 0. The molecule has 4 nitrogen and oxygen atoms in total. The van der Waals surface area contributed by atoms with Gasteiger partial charge in [0, 0.05) is 13.3 Å². The maximum absolute atomic E-state index is 11.1. The van der Waals surface area contributed by atoms with Gasteiger partial charge in [-0.05, 0) is 32.6 Å². The Morgan fingerprint density at radius 2 is 1.72 bits per heavy atom. The third kappa shape index (κ3) is 10.1. The molecule has 106 valence electrons. The molecule has 0 saturated carbocycles. The first-order valence-corrected chi connectivity index (χ1v) is 6.93. The lowest BCUT2D eigenvalue weighted by atomic mass is 10.1. The quantitative estimate of drug-likeness (QED) is 0.446. The molecule has 0 fully saturated rings. The van der Waals surface area contributed by atoms with Gasteiger partial charge in [-0.15, -0.1) is 0 Å². The van der Waals surface area contributed by atoms with Crippen molar-refractivity contribution in [2.45, 2.75) is 71.8 Å². The van der Waals surface area contributed by atoms with Gasteiger partial charge in [0.1, 0.15) is 6.10 Å². The summed E-state index contributed by atoms with van der Waals surface area (Å²) >= 11 is 0. The largest absolute Gasteiger partial charge is 0.466 e. The smallest absolute Gasteiger partial charge is 0.305 e. The minimum atomic E-state index is -0.221. The van der Waals surface area contributed by atoms with Crippen molar-refractivity contribution in [2.75, 3.05) is 6.61 Å². The summed E-state index contributed by atoms with van der Waals surface area (Å²) in [6.45, 7) is 5.80. The number of carbonyl (C=O) groups excluding carboxylic acids is 2. The Kier molecular flexibility index (Phi) is 10.4. The normalized spacial score (nSPS) is 11.9. The second-order valence-corrected chi connectivity index (χ2v) is 4.42. The van der Waals surface area contributed by atoms with Crippen LogP contribution in [0.5, 0.6) is 0 Å². The van der Waals surface area contributed by atoms with Gasteiger partial charge in [0.25, 0.3) is 0 Å². The van der Waals surface area contributed by atoms with Crippen LogP contribution < -0.4 is 0 Å². The van der Waals surface area contributed by atoms with Crippen molar-refractivity contribution in [1.82, 2.24) is 0 Å². The molecule has 0 aromatic heterocycles. The fourth-order valence-corrected chi connectivity index (χ4v) is 1.80. The average molecular weight is 258 g/mol. The average Bonchev–Trinajstić information content (AvgIpc) is 2.31. The van der Waals surface area contributed by atoms with Crippen molar-refractivity contribution >= 4 is 11.9 Å². The van der Waals surface area contributed by atoms with Crippen LogP contribution in [0.25, 0.3) is 0 Å². The van der Waals surface area contributed by atoms with E-state index in [1.54, 1.807) is 6.92 Å². The van der Waals surface area contributed by atoms with Crippen LogP contribution in [-0.4, -0.2) is 24.6 Å². The lowest BCUT2D eigenvalue weighted by Crippen LogP contribution is -2.16. The van der Waals surface area contributed by atoms with Crippen molar-refractivity contribution in [3.8, 4) is 0 Å². The number of rotatable bonds is 10. The fourth-order valence-electron chi connectivity index (χ4n) is 1.80. The molecule has 0 amide bonds. The van der Waals surface area contributed by atoms with E-state index in [0.717, 1.165) is 38.5 Å². The monoisotopic (exact) mass is 258 g/mol. The van der Waals surface area contributed by atoms with E-state index in [-0.39, 0.29) is 18.0 Å². The Labute approximate surface area is 110 Å².